The monoisotopic (exact) mass is 367 g/mol. The predicted octanol–water partition coefficient (Wildman–Crippen LogP) is 2.46. The van der Waals surface area contributed by atoms with Crippen LogP contribution in [0.5, 0.6) is 0 Å². The molecule has 5 nitrogen and oxygen atoms in total. The first-order chi connectivity index (χ1) is 13.1. The van der Waals surface area contributed by atoms with E-state index in [1.165, 1.54) is 30.5 Å². The first kappa shape index (κ1) is 16.8. The fourth-order valence-electron chi connectivity index (χ4n) is 3.90. The molecule has 0 radical (unpaired) electrons. The number of fused-ring (bicyclic) bond motifs is 1. The molecule has 2 aliphatic heterocycles. The van der Waals surface area contributed by atoms with Gasteiger partial charge >= 0.3 is 0 Å². The number of pyridine rings is 1. The van der Waals surface area contributed by atoms with Crippen molar-refractivity contribution in [3.05, 3.63) is 64.7 Å². The number of rotatable bonds is 6. The third-order valence-corrected chi connectivity index (χ3v) is 5.71. The van der Waals surface area contributed by atoms with Gasteiger partial charge in [0, 0.05) is 25.2 Å². The standard InChI is InChI=1S/C21H22FN3O2/c22-16-5-1-14(2-6-16)11-19-17(15-3-4-15)7-8-18(24-19)20(26)23-12-21-13-25(21)9-10-27-21/h1-2,5-8,15H,3-4,9-13H2,(H,23,26). The number of halogens is 1. The lowest BCUT2D eigenvalue weighted by Crippen LogP contribution is -2.36. The summed E-state index contributed by atoms with van der Waals surface area (Å²) >= 11 is 0. The van der Waals surface area contributed by atoms with Crippen molar-refractivity contribution in [2.45, 2.75) is 30.9 Å². The van der Waals surface area contributed by atoms with Gasteiger partial charge in [-0.3, -0.25) is 9.69 Å². The van der Waals surface area contributed by atoms with Gasteiger partial charge in [-0.25, -0.2) is 9.37 Å². The normalized spacial score (nSPS) is 25.9. The van der Waals surface area contributed by atoms with Gasteiger partial charge in [0.15, 0.2) is 5.72 Å². The minimum Gasteiger partial charge on any atom is -0.356 e. The summed E-state index contributed by atoms with van der Waals surface area (Å²) in [5.74, 6) is 0.121. The van der Waals surface area contributed by atoms with Crippen LogP contribution >= 0.6 is 0 Å². The zero-order valence-electron chi connectivity index (χ0n) is 15.1. The van der Waals surface area contributed by atoms with Gasteiger partial charge in [-0.1, -0.05) is 18.2 Å². The van der Waals surface area contributed by atoms with Crippen molar-refractivity contribution in [1.29, 1.82) is 0 Å². The summed E-state index contributed by atoms with van der Waals surface area (Å²) in [6.45, 7) is 3.04. The molecule has 1 amide bonds. The quantitative estimate of drug-likeness (QED) is 0.797. The molecule has 27 heavy (non-hydrogen) atoms. The zero-order chi connectivity index (χ0) is 18.4. The fourth-order valence-corrected chi connectivity index (χ4v) is 3.90. The Hall–Kier alpha value is -2.31. The second kappa shape index (κ2) is 6.39. The maximum atomic E-state index is 13.2. The Balaban J connectivity index is 1.33. The Morgan fingerprint density at radius 2 is 2.07 bits per heavy atom. The van der Waals surface area contributed by atoms with Crippen LogP contribution in [0.25, 0.3) is 0 Å². The average molecular weight is 367 g/mol. The molecule has 0 bridgehead atoms. The molecule has 1 N–H and O–H groups in total. The van der Waals surface area contributed by atoms with Crippen molar-refractivity contribution >= 4 is 5.91 Å². The van der Waals surface area contributed by atoms with E-state index in [4.69, 9.17) is 4.74 Å². The van der Waals surface area contributed by atoms with Crippen molar-refractivity contribution in [1.82, 2.24) is 15.2 Å². The number of benzene rings is 1. The molecule has 3 heterocycles. The minimum absolute atomic E-state index is 0.172. The number of carbonyl (C=O) groups is 1. The Kier molecular flexibility index (Phi) is 3.98. The average Bonchev–Trinajstić information content (AvgIpc) is 3.60. The molecule has 2 atom stereocenters. The Morgan fingerprint density at radius 3 is 2.74 bits per heavy atom. The molecular formula is C21H22FN3O2. The first-order valence-corrected chi connectivity index (χ1v) is 9.54. The van der Waals surface area contributed by atoms with Gasteiger partial charge in [0.25, 0.3) is 5.91 Å². The van der Waals surface area contributed by atoms with E-state index in [9.17, 15) is 9.18 Å². The summed E-state index contributed by atoms with van der Waals surface area (Å²) < 4.78 is 18.9. The van der Waals surface area contributed by atoms with E-state index < -0.39 is 0 Å². The molecule has 1 aliphatic carbocycles. The molecule has 140 valence electrons. The van der Waals surface area contributed by atoms with Crippen molar-refractivity contribution < 1.29 is 13.9 Å². The number of hydrogen-bond acceptors (Lipinski definition) is 4. The number of carbonyl (C=O) groups excluding carboxylic acids is 1. The molecule has 1 aromatic heterocycles. The van der Waals surface area contributed by atoms with Crippen LogP contribution in [0.1, 0.15) is 46.1 Å². The van der Waals surface area contributed by atoms with Crippen LogP contribution < -0.4 is 5.32 Å². The van der Waals surface area contributed by atoms with Crippen LogP contribution in [-0.4, -0.2) is 47.8 Å². The minimum atomic E-state index is -0.277. The van der Waals surface area contributed by atoms with Gasteiger partial charge in [0.1, 0.15) is 11.5 Å². The lowest BCUT2D eigenvalue weighted by molar-refractivity contribution is 0.0566. The molecule has 5 rings (SSSR count). The number of amides is 1. The van der Waals surface area contributed by atoms with Crippen LogP contribution in [0, 0.1) is 5.82 Å². The summed E-state index contributed by atoms with van der Waals surface area (Å²) in [7, 11) is 0. The van der Waals surface area contributed by atoms with E-state index in [1.807, 2.05) is 12.1 Å². The molecule has 2 unspecified atom stereocenters. The Labute approximate surface area is 157 Å². The van der Waals surface area contributed by atoms with Crippen LogP contribution in [0.4, 0.5) is 4.39 Å². The molecule has 3 aliphatic rings. The van der Waals surface area contributed by atoms with Crippen molar-refractivity contribution in [3.8, 4) is 0 Å². The topological polar surface area (TPSA) is 54.2 Å². The molecule has 3 fully saturated rings. The van der Waals surface area contributed by atoms with E-state index in [0.29, 0.717) is 24.6 Å². The van der Waals surface area contributed by atoms with Gasteiger partial charge in [-0.2, -0.15) is 0 Å². The highest BCUT2D eigenvalue weighted by molar-refractivity contribution is 5.92. The van der Waals surface area contributed by atoms with Gasteiger partial charge in [0.05, 0.1) is 13.2 Å². The summed E-state index contributed by atoms with van der Waals surface area (Å²) in [5, 5.41) is 2.97. The van der Waals surface area contributed by atoms with Crippen molar-refractivity contribution in [3.63, 3.8) is 0 Å². The number of nitrogens with one attached hydrogen (secondary N) is 1. The third-order valence-electron chi connectivity index (χ3n) is 5.71. The first-order valence-electron chi connectivity index (χ1n) is 9.54. The Bertz CT molecular complexity index is 881. The molecule has 6 heteroatoms. The lowest BCUT2D eigenvalue weighted by Gasteiger charge is -2.14. The summed E-state index contributed by atoms with van der Waals surface area (Å²) in [5.41, 5.74) is 3.27. The SMILES string of the molecule is O=C(NCC12CN1CCO2)c1ccc(C2CC2)c(Cc2ccc(F)cc2)n1. The van der Waals surface area contributed by atoms with Gasteiger partial charge in [0.2, 0.25) is 0 Å². The van der Waals surface area contributed by atoms with Gasteiger partial charge in [-0.15, -0.1) is 0 Å². The number of morpholine rings is 1. The second-order valence-corrected chi connectivity index (χ2v) is 7.71. The summed E-state index contributed by atoms with van der Waals surface area (Å²) in [6, 6.07) is 10.3. The van der Waals surface area contributed by atoms with Crippen molar-refractivity contribution in [2.24, 2.45) is 0 Å². The lowest BCUT2D eigenvalue weighted by atomic mass is 10.0. The van der Waals surface area contributed by atoms with E-state index in [2.05, 4.69) is 15.2 Å². The third kappa shape index (κ3) is 3.35. The number of ether oxygens (including phenoxy) is 1. The highest BCUT2D eigenvalue weighted by Gasteiger charge is 2.57. The van der Waals surface area contributed by atoms with Crippen LogP contribution in [0.3, 0.4) is 0 Å². The van der Waals surface area contributed by atoms with E-state index in [-0.39, 0.29) is 17.4 Å². The number of hydrogen-bond donors (Lipinski definition) is 1. The molecule has 1 aromatic carbocycles. The van der Waals surface area contributed by atoms with Gasteiger partial charge < -0.3 is 10.1 Å². The Morgan fingerprint density at radius 1 is 1.26 bits per heavy atom. The highest BCUT2D eigenvalue weighted by Crippen LogP contribution is 2.42. The van der Waals surface area contributed by atoms with Crippen LogP contribution in [0.15, 0.2) is 36.4 Å². The molecule has 2 saturated heterocycles. The van der Waals surface area contributed by atoms with Crippen LogP contribution in [-0.2, 0) is 11.2 Å². The maximum Gasteiger partial charge on any atom is 0.270 e. The highest BCUT2D eigenvalue weighted by atomic mass is 19.1. The van der Waals surface area contributed by atoms with Crippen LogP contribution in [0.2, 0.25) is 0 Å². The molecule has 1 saturated carbocycles. The van der Waals surface area contributed by atoms with Gasteiger partial charge in [-0.05, 0) is 48.1 Å². The smallest absolute Gasteiger partial charge is 0.270 e. The molecule has 0 spiro atoms. The van der Waals surface area contributed by atoms with E-state index >= 15 is 0 Å². The largest absolute Gasteiger partial charge is 0.356 e. The fraction of sp³-hybridized carbons (Fsp3) is 0.429. The zero-order valence-corrected chi connectivity index (χ0v) is 15.1. The number of nitrogens with zero attached hydrogens (tertiary/aromatic N) is 2. The second-order valence-electron chi connectivity index (χ2n) is 7.71. The summed E-state index contributed by atoms with van der Waals surface area (Å²) in [4.78, 5) is 19.5. The molecule has 2 aromatic rings. The summed E-state index contributed by atoms with van der Waals surface area (Å²) in [6.07, 6.45) is 2.94. The number of aromatic nitrogens is 1. The predicted molar refractivity (Wildman–Crippen MR) is 98.0 cm³/mol. The van der Waals surface area contributed by atoms with Crippen molar-refractivity contribution in [2.75, 3.05) is 26.2 Å². The van der Waals surface area contributed by atoms with E-state index in [0.717, 1.165) is 31.0 Å². The maximum absolute atomic E-state index is 13.2. The molecular weight excluding hydrogens is 345 g/mol. The van der Waals surface area contributed by atoms with E-state index in [1.54, 1.807) is 12.1 Å².